The molecule has 0 spiro atoms. The average molecular weight is 408 g/mol. The first kappa shape index (κ1) is 17.2. The summed E-state index contributed by atoms with van der Waals surface area (Å²) in [4.78, 5) is 16.9. The van der Waals surface area contributed by atoms with E-state index in [1.54, 1.807) is 16.7 Å². The van der Waals surface area contributed by atoms with Gasteiger partial charge in [-0.1, -0.05) is 11.6 Å². The summed E-state index contributed by atoms with van der Waals surface area (Å²) >= 11 is 12.4. The number of halogens is 1. The molecule has 0 aliphatic carbocycles. The summed E-state index contributed by atoms with van der Waals surface area (Å²) in [5, 5.41) is 12.8. The number of aromatic nitrogens is 4. The van der Waals surface area contributed by atoms with E-state index in [0.717, 1.165) is 17.1 Å². The zero-order valence-corrected chi connectivity index (χ0v) is 16.0. The van der Waals surface area contributed by atoms with Gasteiger partial charge in [0.2, 0.25) is 0 Å². The van der Waals surface area contributed by atoms with Crippen LogP contribution >= 0.6 is 35.2 Å². The molecular formula is C16H14ClN5O2S2. The number of ether oxygens (including phenoxy) is 1. The molecule has 26 heavy (non-hydrogen) atoms. The molecule has 1 unspecified atom stereocenters. The van der Waals surface area contributed by atoms with Crippen molar-refractivity contribution in [1.82, 2.24) is 19.7 Å². The van der Waals surface area contributed by atoms with Gasteiger partial charge in [0, 0.05) is 23.9 Å². The van der Waals surface area contributed by atoms with Gasteiger partial charge in [0.05, 0.1) is 12.1 Å². The normalized spacial score (nSPS) is 15.5. The summed E-state index contributed by atoms with van der Waals surface area (Å²) in [6.07, 6.45) is 0.438. The first-order valence-corrected chi connectivity index (χ1v) is 9.47. The van der Waals surface area contributed by atoms with E-state index >= 15 is 0 Å². The summed E-state index contributed by atoms with van der Waals surface area (Å²) in [7, 11) is 1.84. The SMILES string of the molecule is Cn1c(Cc2csc(NC(=O)C3Cc4cc(Cl)ccc4O3)n2)n[nH]c1=S. The third-order valence-corrected chi connectivity index (χ3v) is 5.49. The molecule has 4 rings (SSSR count). The highest BCUT2D eigenvalue weighted by Gasteiger charge is 2.29. The predicted octanol–water partition coefficient (Wildman–Crippen LogP) is 3.12. The number of anilines is 1. The van der Waals surface area contributed by atoms with Gasteiger partial charge < -0.3 is 9.30 Å². The van der Waals surface area contributed by atoms with Crippen molar-refractivity contribution in [1.29, 1.82) is 0 Å². The fraction of sp³-hybridized carbons (Fsp3) is 0.250. The van der Waals surface area contributed by atoms with E-state index in [1.165, 1.54) is 11.3 Å². The summed E-state index contributed by atoms with van der Waals surface area (Å²) in [6, 6.07) is 5.35. The van der Waals surface area contributed by atoms with Crippen molar-refractivity contribution in [3.05, 3.63) is 50.5 Å². The van der Waals surface area contributed by atoms with Crippen LogP contribution in [0.1, 0.15) is 17.1 Å². The topological polar surface area (TPSA) is 84.8 Å². The fourth-order valence-electron chi connectivity index (χ4n) is 2.69. The summed E-state index contributed by atoms with van der Waals surface area (Å²) in [5.74, 6) is 1.25. The second-order valence-corrected chi connectivity index (χ2v) is 7.56. The second-order valence-electron chi connectivity index (χ2n) is 5.88. The zero-order chi connectivity index (χ0) is 18.3. The summed E-state index contributed by atoms with van der Waals surface area (Å²) in [6.45, 7) is 0. The van der Waals surface area contributed by atoms with E-state index in [1.807, 2.05) is 18.5 Å². The first-order valence-electron chi connectivity index (χ1n) is 7.80. The zero-order valence-electron chi connectivity index (χ0n) is 13.7. The minimum absolute atomic E-state index is 0.226. The molecule has 1 amide bonds. The van der Waals surface area contributed by atoms with Crippen LogP contribution in [0.4, 0.5) is 5.13 Å². The highest BCUT2D eigenvalue weighted by atomic mass is 35.5. The van der Waals surface area contributed by atoms with Crippen LogP contribution in [-0.2, 0) is 24.7 Å². The molecule has 7 nitrogen and oxygen atoms in total. The number of amides is 1. The van der Waals surface area contributed by atoms with Gasteiger partial charge in [-0.05, 0) is 36.0 Å². The smallest absolute Gasteiger partial charge is 0.267 e. The Kier molecular flexibility index (Phi) is 4.51. The molecule has 1 aliphatic rings. The van der Waals surface area contributed by atoms with Crippen molar-refractivity contribution in [2.24, 2.45) is 7.05 Å². The van der Waals surface area contributed by atoms with Gasteiger partial charge >= 0.3 is 0 Å². The summed E-state index contributed by atoms with van der Waals surface area (Å²) in [5.41, 5.74) is 1.74. The number of rotatable bonds is 4. The van der Waals surface area contributed by atoms with E-state index in [2.05, 4.69) is 20.5 Å². The maximum absolute atomic E-state index is 12.5. The number of nitrogens with zero attached hydrogens (tertiary/aromatic N) is 3. The quantitative estimate of drug-likeness (QED) is 0.649. The number of thiazole rings is 1. The molecular weight excluding hydrogens is 394 g/mol. The number of carbonyl (C=O) groups excluding carboxylic acids is 1. The Morgan fingerprint density at radius 2 is 2.42 bits per heavy atom. The maximum atomic E-state index is 12.5. The predicted molar refractivity (Wildman–Crippen MR) is 102 cm³/mol. The third kappa shape index (κ3) is 3.37. The molecule has 0 saturated carbocycles. The lowest BCUT2D eigenvalue weighted by Gasteiger charge is -2.09. The monoisotopic (exact) mass is 407 g/mol. The Labute approximate surface area is 163 Å². The summed E-state index contributed by atoms with van der Waals surface area (Å²) < 4.78 is 8.04. The number of carbonyl (C=O) groups is 1. The fourth-order valence-corrected chi connectivity index (χ4v) is 3.75. The number of hydrogen-bond acceptors (Lipinski definition) is 6. The molecule has 2 N–H and O–H groups in total. The molecule has 134 valence electrons. The van der Waals surface area contributed by atoms with Crippen LogP contribution in [-0.4, -0.2) is 31.8 Å². The van der Waals surface area contributed by atoms with Crippen LogP contribution < -0.4 is 10.1 Å². The minimum Gasteiger partial charge on any atom is -0.480 e. The van der Waals surface area contributed by atoms with Crippen LogP contribution in [0.3, 0.4) is 0 Å². The number of benzene rings is 1. The number of nitrogens with one attached hydrogen (secondary N) is 2. The van der Waals surface area contributed by atoms with Crippen LogP contribution in [0.25, 0.3) is 0 Å². The van der Waals surface area contributed by atoms with E-state index < -0.39 is 6.10 Å². The van der Waals surface area contributed by atoms with E-state index in [9.17, 15) is 4.79 Å². The van der Waals surface area contributed by atoms with Gasteiger partial charge in [0.15, 0.2) is 16.0 Å². The lowest BCUT2D eigenvalue weighted by Crippen LogP contribution is -2.31. The lowest BCUT2D eigenvalue weighted by molar-refractivity contribution is -0.122. The number of hydrogen-bond donors (Lipinski definition) is 2. The molecule has 0 bridgehead atoms. The van der Waals surface area contributed by atoms with Gasteiger partial charge in [-0.2, -0.15) is 5.10 Å². The van der Waals surface area contributed by atoms with Crippen LogP contribution in [0.2, 0.25) is 5.02 Å². The molecule has 2 aromatic heterocycles. The van der Waals surface area contributed by atoms with Crippen molar-refractivity contribution in [2.75, 3.05) is 5.32 Å². The van der Waals surface area contributed by atoms with Crippen molar-refractivity contribution in [2.45, 2.75) is 18.9 Å². The average Bonchev–Trinajstić information content (AvgIpc) is 3.30. The van der Waals surface area contributed by atoms with Gasteiger partial charge in [0.1, 0.15) is 11.6 Å². The second kappa shape index (κ2) is 6.82. The Morgan fingerprint density at radius 1 is 1.58 bits per heavy atom. The van der Waals surface area contributed by atoms with Gasteiger partial charge in [0.25, 0.3) is 5.91 Å². The molecule has 0 saturated heterocycles. The standard InChI is InChI=1S/C16H14ClN5O2S2/c1-22-13(20-21-16(22)25)6-10-7-26-15(18-10)19-14(23)12-5-8-4-9(17)2-3-11(8)24-12/h2-4,7,12H,5-6H2,1H3,(H,21,25)(H,18,19,23). The molecule has 1 aromatic carbocycles. The van der Waals surface area contributed by atoms with Crippen LogP contribution in [0, 0.1) is 4.77 Å². The van der Waals surface area contributed by atoms with E-state index in [0.29, 0.717) is 33.5 Å². The Bertz CT molecular complexity index is 1040. The number of aromatic amines is 1. The van der Waals surface area contributed by atoms with Crippen LogP contribution in [0.5, 0.6) is 5.75 Å². The molecule has 0 fully saturated rings. The molecule has 0 radical (unpaired) electrons. The number of fused-ring (bicyclic) bond motifs is 1. The first-order chi connectivity index (χ1) is 12.5. The van der Waals surface area contributed by atoms with Crippen LogP contribution in [0.15, 0.2) is 23.6 Å². The molecule has 3 heterocycles. The molecule has 1 atom stereocenters. The Hall–Kier alpha value is -2.23. The highest BCUT2D eigenvalue weighted by Crippen LogP contribution is 2.31. The van der Waals surface area contributed by atoms with E-state index in [4.69, 9.17) is 28.6 Å². The van der Waals surface area contributed by atoms with E-state index in [-0.39, 0.29) is 5.91 Å². The molecule has 1 aliphatic heterocycles. The maximum Gasteiger partial charge on any atom is 0.267 e. The highest BCUT2D eigenvalue weighted by molar-refractivity contribution is 7.71. The molecule has 3 aromatic rings. The third-order valence-electron chi connectivity index (χ3n) is 4.08. The Morgan fingerprint density at radius 3 is 3.19 bits per heavy atom. The molecule has 10 heteroatoms. The van der Waals surface area contributed by atoms with Crippen molar-refractivity contribution >= 4 is 46.2 Å². The lowest BCUT2D eigenvalue weighted by atomic mass is 10.1. The van der Waals surface area contributed by atoms with Crippen molar-refractivity contribution in [3.63, 3.8) is 0 Å². The minimum atomic E-state index is -0.581. The number of H-pyrrole nitrogens is 1. The van der Waals surface area contributed by atoms with Crippen molar-refractivity contribution < 1.29 is 9.53 Å². The van der Waals surface area contributed by atoms with Gasteiger partial charge in [-0.25, -0.2) is 4.98 Å². The van der Waals surface area contributed by atoms with Gasteiger partial charge in [-0.3, -0.25) is 15.2 Å². The van der Waals surface area contributed by atoms with Gasteiger partial charge in [-0.15, -0.1) is 11.3 Å². The Balaban J connectivity index is 1.41. The largest absolute Gasteiger partial charge is 0.480 e. The van der Waals surface area contributed by atoms with Crippen molar-refractivity contribution in [3.8, 4) is 5.75 Å².